The van der Waals surface area contributed by atoms with Crippen LogP contribution in [-0.2, 0) is 16.0 Å². The van der Waals surface area contributed by atoms with E-state index in [4.69, 9.17) is 21.1 Å². The molecule has 0 atom stereocenters. The number of carbonyl (C=O) groups is 2. The Bertz CT molecular complexity index is 791. The van der Waals surface area contributed by atoms with Gasteiger partial charge in [-0.2, -0.15) is 0 Å². The molecule has 0 unspecified atom stereocenters. The van der Waals surface area contributed by atoms with Crippen LogP contribution in [0, 0.1) is 6.92 Å². The summed E-state index contributed by atoms with van der Waals surface area (Å²) in [6, 6.07) is 10.5. The van der Waals surface area contributed by atoms with Crippen molar-refractivity contribution >= 4 is 29.1 Å². The number of hydrogen-bond acceptors (Lipinski definition) is 4. The van der Waals surface area contributed by atoms with Gasteiger partial charge in [0.15, 0.2) is 0 Å². The molecule has 0 spiro atoms. The number of benzene rings is 2. The minimum absolute atomic E-state index is 0.139. The zero-order valence-electron chi connectivity index (χ0n) is 14.9. The van der Waals surface area contributed by atoms with Gasteiger partial charge in [-0.25, -0.2) is 0 Å². The quantitative estimate of drug-likeness (QED) is 0.778. The number of nitrogens with one attached hydrogen (secondary N) is 2. The first kappa shape index (κ1) is 19.6. The number of halogens is 1. The molecule has 0 aliphatic rings. The summed E-state index contributed by atoms with van der Waals surface area (Å²) in [5.41, 5.74) is 2.15. The van der Waals surface area contributed by atoms with E-state index in [0.29, 0.717) is 16.5 Å². The van der Waals surface area contributed by atoms with Crippen molar-refractivity contribution in [1.82, 2.24) is 5.32 Å². The van der Waals surface area contributed by atoms with Crippen LogP contribution in [0.4, 0.5) is 5.69 Å². The minimum Gasteiger partial charge on any atom is -0.497 e. The lowest BCUT2D eigenvalue weighted by molar-refractivity contribution is -0.123. The molecule has 2 aromatic carbocycles. The van der Waals surface area contributed by atoms with E-state index in [1.54, 1.807) is 43.5 Å². The van der Waals surface area contributed by atoms with Crippen LogP contribution in [0.1, 0.15) is 11.1 Å². The van der Waals surface area contributed by atoms with Crippen LogP contribution in [0.5, 0.6) is 11.5 Å². The van der Waals surface area contributed by atoms with Crippen LogP contribution < -0.4 is 20.1 Å². The second kappa shape index (κ2) is 9.10. The van der Waals surface area contributed by atoms with E-state index in [2.05, 4.69) is 10.6 Å². The van der Waals surface area contributed by atoms with Crippen molar-refractivity contribution in [3.63, 3.8) is 0 Å². The Kier molecular flexibility index (Phi) is 6.86. The summed E-state index contributed by atoms with van der Waals surface area (Å²) in [4.78, 5) is 24.1. The molecule has 0 aliphatic heterocycles. The summed E-state index contributed by atoms with van der Waals surface area (Å²) in [6.07, 6.45) is 0.181. The second-order valence-electron chi connectivity index (χ2n) is 5.65. The minimum atomic E-state index is -0.354. The molecule has 0 fully saturated rings. The molecule has 0 radical (unpaired) electrons. The molecule has 6 nitrogen and oxygen atoms in total. The van der Waals surface area contributed by atoms with Gasteiger partial charge in [-0.05, 0) is 36.2 Å². The standard InChI is InChI=1S/C19H21ClN2O4/c1-12-8-16(17(26-3)10-15(12)20)22-19(24)11-21-18(23)9-13-4-6-14(25-2)7-5-13/h4-8,10H,9,11H2,1-3H3,(H,21,23)(H,22,24). The van der Waals surface area contributed by atoms with Gasteiger partial charge in [0.25, 0.3) is 0 Å². The molecule has 7 heteroatoms. The Morgan fingerprint density at radius 1 is 1.04 bits per heavy atom. The molecule has 0 bridgehead atoms. The highest BCUT2D eigenvalue weighted by molar-refractivity contribution is 6.31. The Hall–Kier alpha value is -2.73. The Morgan fingerprint density at radius 3 is 2.35 bits per heavy atom. The Morgan fingerprint density at radius 2 is 1.73 bits per heavy atom. The largest absolute Gasteiger partial charge is 0.497 e. The van der Waals surface area contributed by atoms with E-state index in [1.165, 1.54) is 7.11 Å². The molecule has 0 heterocycles. The van der Waals surface area contributed by atoms with Crippen LogP contribution in [0.25, 0.3) is 0 Å². The maximum Gasteiger partial charge on any atom is 0.243 e. The number of ether oxygens (including phenoxy) is 2. The zero-order valence-corrected chi connectivity index (χ0v) is 15.6. The molecule has 2 amide bonds. The highest BCUT2D eigenvalue weighted by Crippen LogP contribution is 2.30. The average Bonchev–Trinajstić information content (AvgIpc) is 2.63. The van der Waals surface area contributed by atoms with Gasteiger partial charge in [0.1, 0.15) is 11.5 Å². The van der Waals surface area contributed by atoms with Gasteiger partial charge in [0.2, 0.25) is 11.8 Å². The van der Waals surface area contributed by atoms with Crippen molar-refractivity contribution in [1.29, 1.82) is 0 Å². The third-order valence-corrected chi connectivity index (χ3v) is 4.13. The van der Waals surface area contributed by atoms with Gasteiger partial charge in [-0.1, -0.05) is 23.7 Å². The average molecular weight is 377 g/mol. The first-order valence-corrected chi connectivity index (χ1v) is 8.34. The molecule has 2 N–H and O–H groups in total. The van der Waals surface area contributed by atoms with E-state index in [-0.39, 0.29) is 24.8 Å². The predicted octanol–water partition coefficient (Wildman–Crippen LogP) is 2.96. The fourth-order valence-electron chi connectivity index (χ4n) is 2.29. The van der Waals surface area contributed by atoms with E-state index < -0.39 is 0 Å². The molecule has 138 valence electrons. The topological polar surface area (TPSA) is 76.7 Å². The van der Waals surface area contributed by atoms with E-state index >= 15 is 0 Å². The van der Waals surface area contributed by atoms with Crippen LogP contribution in [0.2, 0.25) is 5.02 Å². The summed E-state index contributed by atoms with van der Waals surface area (Å²) < 4.78 is 10.3. The third-order valence-electron chi connectivity index (χ3n) is 3.72. The molecule has 0 saturated heterocycles. The van der Waals surface area contributed by atoms with Crippen LogP contribution in [0.15, 0.2) is 36.4 Å². The first-order chi connectivity index (χ1) is 12.4. The summed E-state index contributed by atoms with van der Waals surface area (Å²) in [5.74, 6) is 0.580. The van der Waals surface area contributed by atoms with Crippen molar-refractivity contribution in [3.05, 3.63) is 52.5 Å². The number of amides is 2. The van der Waals surface area contributed by atoms with Gasteiger partial charge in [0, 0.05) is 11.1 Å². The Labute approximate surface area is 157 Å². The van der Waals surface area contributed by atoms with Crippen molar-refractivity contribution in [2.45, 2.75) is 13.3 Å². The molecular weight excluding hydrogens is 356 g/mol. The fraction of sp³-hybridized carbons (Fsp3) is 0.263. The maximum atomic E-state index is 12.1. The van der Waals surface area contributed by atoms with E-state index in [9.17, 15) is 9.59 Å². The summed E-state index contributed by atoms with van der Waals surface area (Å²) in [7, 11) is 3.07. The number of aryl methyl sites for hydroxylation is 1. The Balaban J connectivity index is 1.88. The first-order valence-electron chi connectivity index (χ1n) is 7.96. The molecule has 0 aliphatic carbocycles. The lowest BCUT2D eigenvalue weighted by Gasteiger charge is -2.12. The van der Waals surface area contributed by atoms with Gasteiger partial charge in [-0.3, -0.25) is 9.59 Å². The van der Waals surface area contributed by atoms with Crippen molar-refractivity contribution < 1.29 is 19.1 Å². The summed E-state index contributed by atoms with van der Waals surface area (Å²) in [6.45, 7) is 1.69. The molecule has 0 aromatic heterocycles. The van der Waals surface area contributed by atoms with Gasteiger partial charge >= 0.3 is 0 Å². The molecule has 2 rings (SSSR count). The fourth-order valence-corrected chi connectivity index (χ4v) is 2.45. The molecular formula is C19H21ClN2O4. The maximum absolute atomic E-state index is 12.1. The van der Waals surface area contributed by atoms with Crippen molar-refractivity contribution in [2.75, 3.05) is 26.1 Å². The van der Waals surface area contributed by atoms with Gasteiger partial charge in [0.05, 0.1) is 32.9 Å². The number of methoxy groups -OCH3 is 2. The lowest BCUT2D eigenvalue weighted by atomic mass is 10.1. The van der Waals surface area contributed by atoms with Gasteiger partial charge < -0.3 is 20.1 Å². The van der Waals surface area contributed by atoms with E-state index in [0.717, 1.165) is 16.9 Å². The second-order valence-corrected chi connectivity index (χ2v) is 6.06. The van der Waals surface area contributed by atoms with Crippen LogP contribution >= 0.6 is 11.6 Å². The monoisotopic (exact) mass is 376 g/mol. The van der Waals surface area contributed by atoms with Crippen LogP contribution in [-0.4, -0.2) is 32.6 Å². The molecule has 2 aromatic rings. The summed E-state index contributed by atoms with van der Waals surface area (Å²) in [5, 5.41) is 5.85. The SMILES string of the molecule is COc1ccc(CC(=O)NCC(=O)Nc2cc(C)c(Cl)cc2OC)cc1. The van der Waals surface area contributed by atoms with Crippen molar-refractivity contribution in [2.24, 2.45) is 0 Å². The molecule has 26 heavy (non-hydrogen) atoms. The van der Waals surface area contributed by atoms with Crippen LogP contribution in [0.3, 0.4) is 0 Å². The summed E-state index contributed by atoms with van der Waals surface area (Å²) >= 11 is 6.04. The normalized spacial score (nSPS) is 10.2. The van der Waals surface area contributed by atoms with E-state index in [1.807, 2.05) is 6.92 Å². The third kappa shape index (κ3) is 5.39. The number of hydrogen-bond donors (Lipinski definition) is 2. The highest BCUT2D eigenvalue weighted by atomic mass is 35.5. The zero-order chi connectivity index (χ0) is 19.1. The number of anilines is 1. The lowest BCUT2D eigenvalue weighted by Crippen LogP contribution is -2.33. The smallest absolute Gasteiger partial charge is 0.243 e. The predicted molar refractivity (Wildman–Crippen MR) is 101 cm³/mol. The van der Waals surface area contributed by atoms with Gasteiger partial charge in [-0.15, -0.1) is 0 Å². The van der Waals surface area contributed by atoms with Crippen molar-refractivity contribution in [3.8, 4) is 11.5 Å². The molecule has 0 saturated carbocycles. The highest BCUT2D eigenvalue weighted by Gasteiger charge is 2.12. The number of carbonyl (C=O) groups excluding carboxylic acids is 2. The number of rotatable bonds is 7.